The third-order valence-electron chi connectivity index (χ3n) is 5.13. The van der Waals surface area contributed by atoms with E-state index in [1.54, 1.807) is 16.7 Å². The summed E-state index contributed by atoms with van der Waals surface area (Å²) in [5.74, 6) is -0.651. The van der Waals surface area contributed by atoms with Crippen LogP contribution < -0.4 is 11.1 Å². The van der Waals surface area contributed by atoms with Gasteiger partial charge in [0.05, 0.1) is 21.0 Å². The number of carbonyl (C=O) groups excluding carboxylic acids is 2. The van der Waals surface area contributed by atoms with E-state index in [-0.39, 0.29) is 33.0 Å². The third-order valence-corrected chi connectivity index (χ3v) is 7.02. The summed E-state index contributed by atoms with van der Waals surface area (Å²) in [7, 11) is 0. The highest BCUT2D eigenvalue weighted by molar-refractivity contribution is 8.01. The summed E-state index contributed by atoms with van der Waals surface area (Å²) in [4.78, 5) is 26.3. The van der Waals surface area contributed by atoms with Gasteiger partial charge in [0.1, 0.15) is 11.9 Å². The van der Waals surface area contributed by atoms with Gasteiger partial charge in [-0.3, -0.25) is 9.59 Å². The Morgan fingerprint density at radius 2 is 2.22 bits per heavy atom. The maximum absolute atomic E-state index is 14.1. The summed E-state index contributed by atoms with van der Waals surface area (Å²) in [5.41, 5.74) is 5.54. The number of nitrogens with one attached hydrogen (secondary N) is 1. The average molecular weight is 416 g/mol. The zero-order valence-corrected chi connectivity index (χ0v) is 16.6. The third kappa shape index (κ3) is 3.88. The van der Waals surface area contributed by atoms with Crippen molar-refractivity contribution >= 4 is 40.9 Å². The number of nitrogens with zero attached hydrogens (tertiary/aromatic N) is 1. The zero-order chi connectivity index (χ0) is 19.8. The van der Waals surface area contributed by atoms with Crippen LogP contribution in [0.15, 0.2) is 12.1 Å². The van der Waals surface area contributed by atoms with Crippen LogP contribution in [0.4, 0.5) is 10.1 Å². The fourth-order valence-electron chi connectivity index (χ4n) is 3.57. The van der Waals surface area contributed by atoms with Crippen molar-refractivity contribution in [3.05, 3.63) is 28.5 Å². The number of thioether (sulfide) groups is 1. The topological polar surface area (TPSA) is 95.7 Å². The number of benzene rings is 1. The van der Waals surface area contributed by atoms with Gasteiger partial charge in [0.25, 0.3) is 5.91 Å². The molecule has 0 aliphatic carbocycles. The summed E-state index contributed by atoms with van der Waals surface area (Å²) < 4.78 is 13.8. The van der Waals surface area contributed by atoms with Gasteiger partial charge >= 0.3 is 0 Å². The molecule has 3 rings (SSSR count). The number of hydrogen-bond acceptors (Lipinski definition) is 5. The number of rotatable bonds is 5. The lowest BCUT2D eigenvalue weighted by molar-refractivity contribution is -0.130. The van der Waals surface area contributed by atoms with Gasteiger partial charge in [0, 0.05) is 19.1 Å². The SMILES string of the molecule is CCC[C@H](O)C(=O)NC1CCSC12CN(C(=O)c1cc(Cl)c(N)cc1F)C2. The molecule has 4 N–H and O–H groups in total. The quantitative estimate of drug-likeness (QED) is 0.639. The summed E-state index contributed by atoms with van der Waals surface area (Å²) in [6, 6.07) is 2.18. The average Bonchev–Trinajstić information content (AvgIpc) is 3.00. The Labute approximate surface area is 166 Å². The molecule has 0 saturated carbocycles. The second kappa shape index (κ2) is 7.85. The van der Waals surface area contributed by atoms with Gasteiger partial charge in [-0.25, -0.2) is 4.39 Å². The van der Waals surface area contributed by atoms with Crippen LogP contribution in [0, 0.1) is 5.82 Å². The Kier molecular flexibility index (Phi) is 5.88. The van der Waals surface area contributed by atoms with Crippen molar-refractivity contribution in [1.29, 1.82) is 0 Å². The molecule has 2 amide bonds. The van der Waals surface area contributed by atoms with Gasteiger partial charge in [-0.1, -0.05) is 24.9 Å². The monoisotopic (exact) mass is 415 g/mol. The minimum atomic E-state index is -1.01. The summed E-state index contributed by atoms with van der Waals surface area (Å²) in [6.45, 7) is 2.72. The van der Waals surface area contributed by atoms with Crippen LogP contribution in [-0.4, -0.2) is 57.6 Å². The molecule has 1 spiro atoms. The van der Waals surface area contributed by atoms with Crippen molar-refractivity contribution in [2.24, 2.45) is 0 Å². The smallest absolute Gasteiger partial charge is 0.256 e. The van der Waals surface area contributed by atoms with E-state index in [1.165, 1.54) is 6.07 Å². The van der Waals surface area contributed by atoms with E-state index in [0.29, 0.717) is 19.5 Å². The lowest BCUT2D eigenvalue weighted by Gasteiger charge is -2.50. The van der Waals surface area contributed by atoms with E-state index >= 15 is 0 Å². The summed E-state index contributed by atoms with van der Waals surface area (Å²) in [6.07, 6.45) is 0.901. The number of anilines is 1. The molecule has 0 aromatic heterocycles. The Hall–Kier alpha value is -1.51. The molecule has 9 heteroatoms. The first-order valence-electron chi connectivity index (χ1n) is 8.93. The molecule has 6 nitrogen and oxygen atoms in total. The molecule has 2 fully saturated rings. The van der Waals surface area contributed by atoms with Gasteiger partial charge in [-0.05, 0) is 30.7 Å². The first-order valence-corrected chi connectivity index (χ1v) is 10.3. The lowest BCUT2D eigenvalue weighted by Crippen LogP contribution is -2.68. The maximum Gasteiger partial charge on any atom is 0.256 e. The second-order valence-corrected chi connectivity index (χ2v) is 9.00. The molecule has 2 aliphatic rings. The zero-order valence-electron chi connectivity index (χ0n) is 15.0. The standard InChI is InChI=1S/C18H23ClFN3O3S/c1-2-3-14(24)16(25)22-15-4-5-27-18(15)8-23(9-18)17(26)10-6-11(19)13(21)7-12(10)20/h6-7,14-15,24H,2-5,8-9,21H2,1H3,(H,22,25)/t14-,15?/m0/s1. The summed E-state index contributed by atoms with van der Waals surface area (Å²) >= 11 is 7.62. The number of halogens is 2. The van der Waals surface area contributed by atoms with E-state index in [2.05, 4.69) is 5.32 Å². The van der Waals surface area contributed by atoms with Crippen molar-refractivity contribution in [3.8, 4) is 0 Å². The van der Waals surface area contributed by atoms with E-state index < -0.39 is 17.8 Å². The largest absolute Gasteiger partial charge is 0.397 e. The number of aliphatic hydroxyl groups is 1. The van der Waals surface area contributed by atoms with Gasteiger partial charge in [-0.2, -0.15) is 0 Å². The van der Waals surface area contributed by atoms with Crippen molar-refractivity contribution in [2.45, 2.75) is 43.1 Å². The molecule has 2 heterocycles. The highest BCUT2D eigenvalue weighted by Crippen LogP contribution is 2.45. The van der Waals surface area contributed by atoms with Crippen molar-refractivity contribution in [2.75, 3.05) is 24.6 Å². The number of carbonyl (C=O) groups is 2. The molecule has 1 aromatic rings. The molecule has 148 valence electrons. The first kappa shape index (κ1) is 20.2. The number of nitrogens with two attached hydrogens (primary N) is 1. The molecule has 2 saturated heterocycles. The van der Waals surface area contributed by atoms with Gasteiger partial charge in [0.2, 0.25) is 5.91 Å². The Morgan fingerprint density at radius 1 is 1.52 bits per heavy atom. The predicted molar refractivity (Wildman–Crippen MR) is 104 cm³/mol. The van der Waals surface area contributed by atoms with Crippen LogP contribution in [-0.2, 0) is 4.79 Å². The molecular weight excluding hydrogens is 393 g/mol. The molecule has 0 radical (unpaired) electrons. The molecule has 1 aromatic carbocycles. The molecule has 27 heavy (non-hydrogen) atoms. The van der Waals surface area contributed by atoms with Crippen LogP contribution in [0.5, 0.6) is 0 Å². The number of aliphatic hydroxyl groups excluding tert-OH is 1. The van der Waals surface area contributed by atoms with Gasteiger partial charge in [0.15, 0.2) is 0 Å². The normalized spacial score (nSPS) is 21.8. The molecular formula is C18H23ClFN3O3S. The fraction of sp³-hybridized carbons (Fsp3) is 0.556. The number of hydrogen-bond donors (Lipinski definition) is 3. The van der Waals surface area contributed by atoms with Crippen LogP contribution >= 0.6 is 23.4 Å². The minimum absolute atomic E-state index is 0.0885. The van der Waals surface area contributed by atoms with Gasteiger partial charge < -0.3 is 21.1 Å². The van der Waals surface area contributed by atoms with E-state index in [9.17, 15) is 19.1 Å². The number of likely N-dealkylation sites (tertiary alicyclic amines) is 1. The molecule has 2 atom stereocenters. The Balaban J connectivity index is 1.65. The highest BCUT2D eigenvalue weighted by Gasteiger charge is 2.54. The van der Waals surface area contributed by atoms with Crippen molar-refractivity contribution < 1.29 is 19.1 Å². The second-order valence-electron chi connectivity index (χ2n) is 7.08. The van der Waals surface area contributed by atoms with Crippen LogP contribution in [0.3, 0.4) is 0 Å². The highest BCUT2D eigenvalue weighted by atomic mass is 35.5. The van der Waals surface area contributed by atoms with E-state index in [4.69, 9.17) is 17.3 Å². The van der Waals surface area contributed by atoms with E-state index in [1.807, 2.05) is 6.92 Å². The molecule has 2 aliphatic heterocycles. The number of amides is 2. The Bertz CT molecular complexity index is 758. The predicted octanol–water partition coefficient (Wildman–Crippen LogP) is 2.04. The molecule has 1 unspecified atom stereocenters. The first-order chi connectivity index (χ1) is 12.8. The van der Waals surface area contributed by atoms with Crippen LogP contribution in [0.25, 0.3) is 0 Å². The van der Waals surface area contributed by atoms with Crippen molar-refractivity contribution in [3.63, 3.8) is 0 Å². The maximum atomic E-state index is 14.1. The van der Waals surface area contributed by atoms with Crippen molar-refractivity contribution in [1.82, 2.24) is 10.2 Å². The Morgan fingerprint density at radius 3 is 2.89 bits per heavy atom. The summed E-state index contributed by atoms with van der Waals surface area (Å²) in [5, 5.41) is 12.9. The fourth-order valence-corrected chi connectivity index (χ4v) is 5.37. The minimum Gasteiger partial charge on any atom is -0.397 e. The van der Waals surface area contributed by atoms with Crippen LogP contribution in [0.1, 0.15) is 36.5 Å². The number of nitrogen functional groups attached to an aromatic ring is 1. The van der Waals surface area contributed by atoms with Gasteiger partial charge in [-0.15, -0.1) is 11.8 Å². The van der Waals surface area contributed by atoms with Crippen LogP contribution in [0.2, 0.25) is 5.02 Å². The molecule has 0 bridgehead atoms. The van der Waals surface area contributed by atoms with E-state index in [0.717, 1.165) is 24.7 Å². The lowest BCUT2D eigenvalue weighted by atomic mass is 9.88.